The van der Waals surface area contributed by atoms with Crippen molar-refractivity contribution in [3.05, 3.63) is 71.3 Å². The number of hydrogen-bond acceptors (Lipinski definition) is 2. The van der Waals surface area contributed by atoms with E-state index in [9.17, 15) is 0 Å². The number of rotatable bonds is 8. The molecule has 2 nitrogen and oxygen atoms in total. The first-order valence-electron chi connectivity index (χ1n) is 7.71. The quantitative estimate of drug-likeness (QED) is 0.787. The van der Waals surface area contributed by atoms with Gasteiger partial charge in [-0.25, -0.2) is 0 Å². The second-order valence-electron chi connectivity index (χ2n) is 5.33. The SMILES string of the molecule is CCCc1ccc(C(COCc2ccccc2)NC)cc1. The number of aryl methyl sites for hydroxylation is 1. The molecule has 0 spiro atoms. The topological polar surface area (TPSA) is 21.3 Å². The van der Waals surface area contributed by atoms with Gasteiger partial charge in [-0.15, -0.1) is 0 Å². The van der Waals surface area contributed by atoms with E-state index >= 15 is 0 Å². The molecule has 1 N–H and O–H groups in total. The third-order valence-electron chi connectivity index (χ3n) is 3.67. The van der Waals surface area contributed by atoms with E-state index in [4.69, 9.17) is 4.74 Å². The summed E-state index contributed by atoms with van der Waals surface area (Å²) in [6.07, 6.45) is 2.34. The highest BCUT2D eigenvalue weighted by Crippen LogP contribution is 2.15. The summed E-state index contributed by atoms with van der Waals surface area (Å²) in [5.41, 5.74) is 3.90. The molecule has 0 bridgehead atoms. The summed E-state index contributed by atoms with van der Waals surface area (Å²) in [6, 6.07) is 19.4. The first-order chi connectivity index (χ1) is 10.3. The van der Waals surface area contributed by atoms with Gasteiger partial charge in [0.15, 0.2) is 0 Å². The fourth-order valence-electron chi connectivity index (χ4n) is 2.42. The van der Waals surface area contributed by atoms with Crippen LogP contribution in [0.1, 0.15) is 36.1 Å². The van der Waals surface area contributed by atoms with E-state index in [1.54, 1.807) is 0 Å². The summed E-state index contributed by atoms with van der Waals surface area (Å²) in [5.74, 6) is 0. The van der Waals surface area contributed by atoms with Crippen LogP contribution in [0.25, 0.3) is 0 Å². The van der Waals surface area contributed by atoms with Gasteiger partial charge in [0.25, 0.3) is 0 Å². The lowest BCUT2D eigenvalue weighted by molar-refractivity contribution is 0.101. The molecule has 2 heteroatoms. The minimum Gasteiger partial charge on any atom is -0.375 e. The largest absolute Gasteiger partial charge is 0.375 e. The van der Waals surface area contributed by atoms with Crippen LogP contribution in [0.3, 0.4) is 0 Å². The van der Waals surface area contributed by atoms with Crippen molar-refractivity contribution in [2.75, 3.05) is 13.7 Å². The van der Waals surface area contributed by atoms with Crippen LogP contribution in [0.4, 0.5) is 0 Å². The van der Waals surface area contributed by atoms with E-state index in [-0.39, 0.29) is 6.04 Å². The number of hydrogen-bond donors (Lipinski definition) is 1. The van der Waals surface area contributed by atoms with E-state index in [1.807, 2.05) is 25.2 Å². The normalized spacial score (nSPS) is 12.3. The van der Waals surface area contributed by atoms with Gasteiger partial charge in [-0.3, -0.25) is 0 Å². The number of likely N-dealkylation sites (N-methyl/N-ethyl adjacent to an activating group) is 1. The Morgan fingerprint density at radius 2 is 1.67 bits per heavy atom. The first kappa shape index (κ1) is 15.7. The number of ether oxygens (including phenoxy) is 1. The van der Waals surface area contributed by atoms with E-state index in [0.717, 1.165) is 6.42 Å². The lowest BCUT2D eigenvalue weighted by Gasteiger charge is -2.17. The zero-order valence-corrected chi connectivity index (χ0v) is 13.0. The molecule has 0 aromatic heterocycles. The number of nitrogens with one attached hydrogen (secondary N) is 1. The molecule has 1 unspecified atom stereocenters. The van der Waals surface area contributed by atoms with Gasteiger partial charge in [-0.1, -0.05) is 67.9 Å². The van der Waals surface area contributed by atoms with Crippen LogP contribution in [0, 0.1) is 0 Å². The third kappa shape index (κ3) is 5.00. The Labute approximate surface area is 128 Å². The fraction of sp³-hybridized carbons (Fsp3) is 0.368. The van der Waals surface area contributed by atoms with Crippen molar-refractivity contribution in [3.8, 4) is 0 Å². The van der Waals surface area contributed by atoms with Crippen LogP contribution in [0.5, 0.6) is 0 Å². The number of benzene rings is 2. The van der Waals surface area contributed by atoms with Crippen LogP contribution >= 0.6 is 0 Å². The van der Waals surface area contributed by atoms with Gasteiger partial charge in [0, 0.05) is 0 Å². The highest BCUT2D eigenvalue weighted by molar-refractivity contribution is 5.25. The van der Waals surface area contributed by atoms with Gasteiger partial charge in [0.2, 0.25) is 0 Å². The average Bonchev–Trinajstić information content (AvgIpc) is 2.54. The van der Waals surface area contributed by atoms with Gasteiger partial charge in [-0.2, -0.15) is 0 Å². The van der Waals surface area contributed by atoms with Gasteiger partial charge in [0.05, 0.1) is 19.3 Å². The lowest BCUT2D eigenvalue weighted by Crippen LogP contribution is -2.21. The average molecular weight is 283 g/mol. The van der Waals surface area contributed by atoms with Crippen molar-refractivity contribution >= 4 is 0 Å². The molecule has 0 aliphatic rings. The molecule has 0 aliphatic heterocycles. The summed E-state index contributed by atoms with van der Waals surface area (Å²) >= 11 is 0. The summed E-state index contributed by atoms with van der Waals surface area (Å²) < 4.78 is 5.84. The Balaban J connectivity index is 1.87. The van der Waals surface area contributed by atoms with Crippen LogP contribution in [-0.4, -0.2) is 13.7 Å². The van der Waals surface area contributed by atoms with Crippen molar-refractivity contribution in [2.45, 2.75) is 32.4 Å². The maximum absolute atomic E-state index is 5.84. The molecule has 0 amide bonds. The molecule has 2 aromatic rings. The van der Waals surface area contributed by atoms with Crippen LogP contribution in [0.2, 0.25) is 0 Å². The second-order valence-corrected chi connectivity index (χ2v) is 5.33. The Hall–Kier alpha value is -1.64. The molecule has 0 radical (unpaired) electrons. The minimum atomic E-state index is 0.240. The zero-order chi connectivity index (χ0) is 14.9. The molecule has 0 fully saturated rings. The lowest BCUT2D eigenvalue weighted by atomic mass is 10.0. The highest BCUT2D eigenvalue weighted by atomic mass is 16.5. The Morgan fingerprint density at radius 1 is 0.952 bits per heavy atom. The van der Waals surface area contributed by atoms with Crippen LogP contribution in [-0.2, 0) is 17.8 Å². The van der Waals surface area contributed by atoms with Gasteiger partial charge < -0.3 is 10.1 Å². The van der Waals surface area contributed by atoms with Crippen molar-refractivity contribution < 1.29 is 4.74 Å². The molecule has 1 atom stereocenters. The van der Waals surface area contributed by atoms with Gasteiger partial charge >= 0.3 is 0 Å². The highest BCUT2D eigenvalue weighted by Gasteiger charge is 2.09. The van der Waals surface area contributed by atoms with Gasteiger partial charge in [0.1, 0.15) is 0 Å². The molecule has 0 saturated carbocycles. The summed E-state index contributed by atoms with van der Waals surface area (Å²) in [6.45, 7) is 3.55. The van der Waals surface area contributed by atoms with Crippen molar-refractivity contribution in [3.63, 3.8) is 0 Å². The van der Waals surface area contributed by atoms with Crippen molar-refractivity contribution in [2.24, 2.45) is 0 Å². The van der Waals surface area contributed by atoms with E-state index < -0.39 is 0 Å². The second kappa shape index (κ2) is 8.60. The maximum Gasteiger partial charge on any atom is 0.0717 e. The molecular weight excluding hydrogens is 258 g/mol. The summed E-state index contributed by atoms with van der Waals surface area (Å²) in [4.78, 5) is 0. The van der Waals surface area contributed by atoms with Crippen molar-refractivity contribution in [1.82, 2.24) is 5.32 Å². The van der Waals surface area contributed by atoms with E-state index in [2.05, 4.69) is 48.6 Å². The Kier molecular flexibility index (Phi) is 6.45. The fourth-order valence-corrected chi connectivity index (χ4v) is 2.42. The summed E-state index contributed by atoms with van der Waals surface area (Å²) in [7, 11) is 1.98. The monoisotopic (exact) mass is 283 g/mol. The van der Waals surface area contributed by atoms with E-state index in [1.165, 1.54) is 23.1 Å². The first-order valence-corrected chi connectivity index (χ1v) is 7.71. The molecular formula is C19H25NO. The Bertz CT molecular complexity index is 507. The van der Waals surface area contributed by atoms with E-state index in [0.29, 0.717) is 13.2 Å². The molecule has 112 valence electrons. The molecule has 0 saturated heterocycles. The molecule has 0 heterocycles. The molecule has 0 aliphatic carbocycles. The molecule has 21 heavy (non-hydrogen) atoms. The predicted octanol–water partition coefficient (Wildman–Crippen LogP) is 4.12. The van der Waals surface area contributed by atoms with Crippen LogP contribution < -0.4 is 5.32 Å². The minimum absolute atomic E-state index is 0.240. The predicted molar refractivity (Wildman–Crippen MR) is 88.3 cm³/mol. The van der Waals surface area contributed by atoms with Crippen LogP contribution in [0.15, 0.2) is 54.6 Å². The third-order valence-corrected chi connectivity index (χ3v) is 3.67. The maximum atomic E-state index is 5.84. The molecule has 2 aromatic carbocycles. The van der Waals surface area contributed by atoms with Gasteiger partial charge in [-0.05, 0) is 30.2 Å². The smallest absolute Gasteiger partial charge is 0.0717 e. The zero-order valence-electron chi connectivity index (χ0n) is 13.0. The molecule has 2 rings (SSSR count). The van der Waals surface area contributed by atoms with Crippen molar-refractivity contribution in [1.29, 1.82) is 0 Å². The summed E-state index contributed by atoms with van der Waals surface area (Å²) in [5, 5.41) is 3.33. The Morgan fingerprint density at radius 3 is 2.29 bits per heavy atom. The standard InChI is InChI=1S/C19H25NO/c1-3-7-16-10-12-18(13-11-16)19(20-2)15-21-14-17-8-5-4-6-9-17/h4-6,8-13,19-20H,3,7,14-15H2,1-2H3.